The Balaban J connectivity index is 0.000000242. The number of fused-ring (bicyclic) bond motifs is 10. The van der Waals surface area contributed by atoms with Gasteiger partial charge in [0.2, 0.25) is 11.6 Å². The summed E-state index contributed by atoms with van der Waals surface area (Å²) in [6.45, 7) is 20.5. The van der Waals surface area contributed by atoms with E-state index in [1.807, 2.05) is 53.7 Å². The third-order valence-corrected chi connectivity index (χ3v) is 22.3. The van der Waals surface area contributed by atoms with Crippen LogP contribution in [0.4, 0.5) is 0 Å². The van der Waals surface area contributed by atoms with Gasteiger partial charge in [-0.05, 0) is 99.3 Å². The van der Waals surface area contributed by atoms with Crippen LogP contribution in [0.15, 0.2) is 47.6 Å². The molecule has 17 nitrogen and oxygen atoms in total. The predicted molar refractivity (Wildman–Crippen MR) is 298 cm³/mol. The van der Waals surface area contributed by atoms with Gasteiger partial charge in [-0.15, -0.1) is 23.2 Å². The summed E-state index contributed by atoms with van der Waals surface area (Å²) in [5.74, 6) is -5.81. The first kappa shape index (κ1) is 65.2. The number of aliphatic carboxylic acids is 1. The Labute approximate surface area is 486 Å². The summed E-state index contributed by atoms with van der Waals surface area (Å²) in [6.07, 6.45) is 12.9. The Morgan fingerprint density at radius 3 is 1.31 bits per heavy atom. The Kier molecular flexibility index (Phi) is 19.5. The van der Waals surface area contributed by atoms with Crippen molar-refractivity contribution in [3.63, 3.8) is 0 Å². The molecule has 0 aliphatic heterocycles. The number of rotatable bonds is 15. The number of esters is 5. The number of alkyl halides is 2. The number of Topliss-reactive ketones (excluding diaryl/α,β-unsaturated/α-hetero) is 2. The zero-order chi connectivity index (χ0) is 60.6. The molecule has 8 aliphatic carbocycles. The molecular formula is C62H84Cl2O17. The number of ketones is 4. The Bertz CT molecular complexity index is 2690. The summed E-state index contributed by atoms with van der Waals surface area (Å²) in [6, 6.07) is 0. The molecule has 448 valence electrons. The summed E-state index contributed by atoms with van der Waals surface area (Å²) in [5.41, 5.74) is -4.67. The van der Waals surface area contributed by atoms with Crippen molar-refractivity contribution >= 4 is 82.2 Å². The first-order chi connectivity index (χ1) is 37.8. The Morgan fingerprint density at radius 1 is 0.556 bits per heavy atom. The highest BCUT2D eigenvalue weighted by Crippen LogP contribution is 2.74. The molecule has 19 heteroatoms. The molecule has 81 heavy (non-hydrogen) atoms. The number of halogens is 2. The van der Waals surface area contributed by atoms with Crippen LogP contribution in [0, 0.1) is 57.2 Å². The van der Waals surface area contributed by atoms with Crippen LogP contribution in [0.2, 0.25) is 0 Å². The lowest BCUT2D eigenvalue weighted by atomic mass is 9.45. The first-order valence-electron chi connectivity index (χ1n) is 29.0. The van der Waals surface area contributed by atoms with Crippen LogP contribution in [-0.2, 0) is 71.6 Å². The van der Waals surface area contributed by atoms with Crippen molar-refractivity contribution in [1.82, 2.24) is 0 Å². The first-order valence-corrected chi connectivity index (χ1v) is 29.8. The molecule has 0 bridgehead atoms. The number of allylic oxidation sites excluding steroid dienone is 8. The standard InChI is InChI=1S/C31H41ClO8.C28H37ClO7.C3H6O2/c1-7-25(35)38-17-23(34)31(40-27(37)9-3)18(4)14-22-21-11-10-19-15-20(33)12-13-28(19,5)30(21,32)24(16-29(22,31)6)39-26(36)8-2;1-6-23(33)35-15-22(32)28(36-24(34)7-2)16(3)12-20-19-9-8-17-13-18(30)10-11-25(17,4)27(19,29)21(31)14-26(20,28)5;1-2-3(4)5/h12-13,15,18,21-22,24H,7-11,14,16-17H2,1-6H3;10-11,13,16,19-21,31H,6-9,12,14-15H2,1-5H3;2H2,1H3,(H,4,5)/t18-,21-,22-,24-,28-,29-,30?,31-;16-,19-,20-,21-,25-,26-,27?,28-;/m00./s1. The fourth-order valence-electron chi connectivity index (χ4n) is 16.3. The van der Waals surface area contributed by atoms with Gasteiger partial charge in [-0.2, -0.15) is 0 Å². The molecule has 0 aromatic rings. The minimum atomic E-state index is -1.59. The van der Waals surface area contributed by atoms with Crippen LogP contribution in [0.3, 0.4) is 0 Å². The molecule has 0 saturated heterocycles. The average molecular weight is 1170 g/mol. The van der Waals surface area contributed by atoms with Gasteiger partial charge in [-0.3, -0.25) is 47.9 Å². The molecule has 8 aliphatic rings. The smallest absolute Gasteiger partial charge is 0.306 e. The average Bonchev–Trinajstić information content (AvgIpc) is 4.08. The molecule has 2 N–H and O–H groups in total. The van der Waals surface area contributed by atoms with Gasteiger partial charge in [0, 0.05) is 72.0 Å². The van der Waals surface area contributed by atoms with E-state index in [9.17, 15) is 53.1 Å². The van der Waals surface area contributed by atoms with E-state index in [1.54, 1.807) is 53.7 Å². The molecule has 0 aromatic heterocycles. The van der Waals surface area contributed by atoms with E-state index in [1.165, 1.54) is 12.2 Å². The summed E-state index contributed by atoms with van der Waals surface area (Å²) in [5, 5.41) is 19.5. The molecule has 0 aromatic carbocycles. The van der Waals surface area contributed by atoms with Gasteiger partial charge in [-0.1, -0.05) is 106 Å². The molecular weight excluding hydrogens is 1090 g/mol. The number of carbonyl (C=O) groups is 10. The number of aliphatic hydroxyl groups is 1. The van der Waals surface area contributed by atoms with Crippen molar-refractivity contribution in [3.8, 4) is 0 Å². The molecule has 16 atom stereocenters. The van der Waals surface area contributed by atoms with E-state index >= 15 is 0 Å². The molecule has 0 amide bonds. The van der Waals surface area contributed by atoms with Gasteiger partial charge < -0.3 is 33.9 Å². The lowest BCUT2D eigenvalue weighted by Gasteiger charge is -2.64. The largest absolute Gasteiger partial charge is 0.481 e. The summed E-state index contributed by atoms with van der Waals surface area (Å²) in [7, 11) is 0. The SMILES string of the molecule is CCC(=O)O.CCC(=O)OCC(=O)[C@@]1(OC(=O)CC)[C@@H](C)C[C@H]2[C@@H]3CCC4=CC(=O)C=C[C@]4(C)C3(Cl)[C@@H](O)C[C@@]21C.CCC(=O)OCC(=O)[C@@]1(OC(=O)CC)[C@@H](C)C[C@H]2[C@@H]3CCC4=CC(=O)C=C[C@]4(C)C3(Cl)[C@@H](OC(=O)CC)C[C@@]21C. The van der Waals surface area contributed by atoms with E-state index in [0.717, 1.165) is 11.1 Å². The highest BCUT2D eigenvalue weighted by atomic mass is 35.5. The van der Waals surface area contributed by atoms with E-state index in [0.29, 0.717) is 38.5 Å². The number of carboxylic acids is 1. The molecule has 6 saturated carbocycles. The lowest BCUT2D eigenvalue weighted by molar-refractivity contribution is -0.208. The quantitative estimate of drug-likeness (QED) is 0.0878. The number of hydrogen-bond acceptors (Lipinski definition) is 16. The number of hydrogen-bond donors (Lipinski definition) is 2. The molecule has 2 unspecified atom stereocenters. The topological polar surface area (TPSA) is 257 Å². The number of carboxylic acid groups (broad SMARTS) is 1. The fourth-order valence-corrected chi connectivity index (χ4v) is 17.4. The van der Waals surface area contributed by atoms with Gasteiger partial charge in [0.25, 0.3) is 0 Å². The van der Waals surface area contributed by atoms with Crippen LogP contribution < -0.4 is 0 Å². The number of aliphatic hydroxyl groups excluding tert-OH is 1. The van der Waals surface area contributed by atoms with Crippen molar-refractivity contribution in [2.45, 2.75) is 206 Å². The summed E-state index contributed by atoms with van der Waals surface area (Å²) in [4.78, 5) is 122. The monoisotopic (exact) mass is 1170 g/mol. The molecule has 8 rings (SSSR count). The van der Waals surface area contributed by atoms with Crippen molar-refractivity contribution in [1.29, 1.82) is 0 Å². The van der Waals surface area contributed by atoms with Crippen molar-refractivity contribution in [3.05, 3.63) is 47.6 Å². The van der Waals surface area contributed by atoms with Gasteiger partial charge >= 0.3 is 35.8 Å². The highest BCUT2D eigenvalue weighted by molar-refractivity contribution is 6.27. The van der Waals surface area contributed by atoms with E-state index in [4.69, 9.17) is 52.0 Å². The van der Waals surface area contributed by atoms with Crippen molar-refractivity contribution in [2.75, 3.05) is 13.2 Å². The van der Waals surface area contributed by atoms with Crippen LogP contribution in [0.1, 0.15) is 173 Å². The Hall–Kier alpha value is -5.00. The third-order valence-electron chi connectivity index (χ3n) is 20.5. The predicted octanol–water partition coefficient (Wildman–Crippen LogP) is 9.62. The number of carbonyl (C=O) groups excluding carboxylic acids is 9. The summed E-state index contributed by atoms with van der Waals surface area (Å²) >= 11 is 15.2. The zero-order valence-corrected chi connectivity index (χ0v) is 50.7. The maximum atomic E-state index is 14.1. The van der Waals surface area contributed by atoms with Gasteiger partial charge in [-0.25, -0.2) is 0 Å². The second kappa shape index (κ2) is 24.3. The zero-order valence-electron chi connectivity index (χ0n) is 49.2. The Morgan fingerprint density at radius 2 is 0.926 bits per heavy atom. The van der Waals surface area contributed by atoms with Gasteiger partial charge in [0.1, 0.15) is 6.10 Å². The molecule has 0 spiro atoms. The maximum absolute atomic E-state index is 14.1. The molecule has 0 radical (unpaired) electrons. The maximum Gasteiger partial charge on any atom is 0.306 e. The fraction of sp³-hybridized carbons (Fsp3) is 0.710. The minimum Gasteiger partial charge on any atom is -0.481 e. The van der Waals surface area contributed by atoms with Gasteiger partial charge in [0.05, 0.1) is 15.9 Å². The highest BCUT2D eigenvalue weighted by Gasteiger charge is 2.79. The van der Waals surface area contributed by atoms with Crippen LogP contribution in [0.25, 0.3) is 0 Å². The van der Waals surface area contributed by atoms with Crippen LogP contribution in [0.5, 0.6) is 0 Å². The van der Waals surface area contributed by atoms with E-state index < -0.39 is 121 Å². The normalized spacial score (nSPS) is 39.2. The lowest BCUT2D eigenvalue weighted by Crippen LogP contribution is -2.70. The minimum absolute atomic E-state index is 0.0689. The van der Waals surface area contributed by atoms with Crippen LogP contribution in [-0.4, -0.2) is 116 Å². The van der Waals surface area contributed by atoms with Crippen molar-refractivity contribution < 1.29 is 81.8 Å². The summed E-state index contributed by atoms with van der Waals surface area (Å²) < 4.78 is 28.8. The molecule has 0 heterocycles. The molecule has 6 fully saturated rings. The van der Waals surface area contributed by atoms with E-state index in [-0.39, 0.29) is 92.5 Å². The van der Waals surface area contributed by atoms with Gasteiger partial charge in [0.15, 0.2) is 36.0 Å². The van der Waals surface area contributed by atoms with Crippen molar-refractivity contribution in [2.24, 2.45) is 57.2 Å². The second-order valence-corrected chi connectivity index (χ2v) is 25.6. The van der Waals surface area contributed by atoms with Crippen LogP contribution >= 0.6 is 23.2 Å². The number of ether oxygens (including phenoxy) is 5. The second-order valence-electron chi connectivity index (χ2n) is 24.4. The third kappa shape index (κ3) is 10.5. The van der Waals surface area contributed by atoms with E-state index in [2.05, 4.69) is 0 Å².